The van der Waals surface area contributed by atoms with Crippen LogP contribution >= 0.6 is 11.6 Å². The second kappa shape index (κ2) is 5.83. The lowest BCUT2D eigenvalue weighted by Crippen LogP contribution is -2.36. The average Bonchev–Trinajstić information content (AvgIpc) is 2.30. The summed E-state index contributed by atoms with van der Waals surface area (Å²) in [4.78, 5) is 6.77. The molecule has 94 valence electrons. The number of likely N-dealkylation sites (tertiary alicyclic amines) is 1. The summed E-state index contributed by atoms with van der Waals surface area (Å²) in [6, 6.07) is 4.58. The molecular weight excluding hydrogens is 232 g/mol. The van der Waals surface area contributed by atoms with Gasteiger partial charge in [-0.1, -0.05) is 37.9 Å². The molecule has 1 saturated heterocycles. The van der Waals surface area contributed by atoms with Gasteiger partial charge < -0.3 is 0 Å². The molecule has 0 aliphatic carbocycles. The highest BCUT2D eigenvalue weighted by molar-refractivity contribution is 6.30. The summed E-state index contributed by atoms with van der Waals surface area (Å²) in [7, 11) is 0. The number of hydrogen-bond acceptors (Lipinski definition) is 2. The lowest BCUT2D eigenvalue weighted by atomic mass is 9.95. The maximum atomic E-state index is 6.22. The molecule has 0 spiro atoms. The van der Waals surface area contributed by atoms with E-state index < -0.39 is 0 Å². The number of piperidine rings is 1. The third-order valence-electron chi connectivity index (χ3n) is 3.36. The van der Waals surface area contributed by atoms with Gasteiger partial charge in [-0.3, -0.25) is 4.90 Å². The van der Waals surface area contributed by atoms with E-state index in [9.17, 15) is 0 Å². The Morgan fingerprint density at radius 3 is 3.00 bits per heavy atom. The Hall–Kier alpha value is -0.600. The van der Waals surface area contributed by atoms with Crippen LogP contribution in [0.15, 0.2) is 18.3 Å². The third-order valence-corrected chi connectivity index (χ3v) is 3.68. The van der Waals surface area contributed by atoms with Crippen molar-refractivity contribution in [1.82, 2.24) is 9.88 Å². The van der Waals surface area contributed by atoms with Gasteiger partial charge in [0.1, 0.15) is 5.15 Å². The number of hydrogen-bond donors (Lipinski definition) is 0. The molecule has 0 radical (unpaired) electrons. The standard InChI is InChI=1S/C14H21ClN2/c1-11(2)10-17-9-4-3-7-13(17)12-6-5-8-16-14(12)15/h5-6,8,11,13H,3-4,7,9-10H2,1-2H3/t13-/m0/s1. The minimum atomic E-state index is 0.465. The normalized spacial score (nSPS) is 22.0. The van der Waals surface area contributed by atoms with Crippen LogP contribution in [0.2, 0.25) is 5.15 Å². The van der Waals surface area contributed by atoms with Crippen LogP contribution in [0, 0.1) is 5.92 Å². The first-order valence-corrected chi connectivity index (χ1v) is 6.90. The van der Waals surface area contributed by atoms with Crippen molar-refractivity contribution in [2.24, 2.45) is 5.92 Å². The van der Waals surface area contributed by atoms with E-state index in [1.165, 1.54) is 31.4 Å². The molecule has 1 aliphatic rings. The van der Waals surface area contributed by atoms with Gasteiger partial charge in [-0.15, -0.1) is 0 Å². The first-order valence-electron chi connectivity index (χ1n) is 6.53. The summed E-state index contributed by atoms with van der Waals surface area (Å²) in [5.41, 5.74) is 1.20. The maximum absolute atomic E-state index is 6.22. The molecule has 0 unspecified atom stereocenters. The molecule has 1 fully saturated rings. The summed E-state index contributed by atoms with van der Waals surface area (Å²) in [6.07, 6.45) is 5.57. The van der Waals surface area contributed by atoms with Gasteiger partial charge in [0.05, 0.1) is 0 Å². The summed E-state index contributed by atoms with van der Waals surface area (Å²) in [6.45, 7) is 6.89. The first kappa shape index (κ1) is 12.8. The van der Waals surface area contributed by atoms with Gasteiger partial charge in [-0.25, -0.2) is 4.98 Å². The van der Waals surface area contributed by atoms with Crippen LogP contribution in [-0.2, 0) is 0 Å². The van der Waals surface area contributed by atoms with E-state index >= 15 is 0 Å². The van der Waals surface area contributed by atoms with Crippen LogP contribution in [0.4, 0.5) is 0 Å². The molecule has 2 rings (SSSR count). The van der Waals surface area contributed by atoms with E-state index in [4.69, 9.17) is 11.6 Å². The van der Waals surface area contributed by atoms with E-state index in [0.717, 1.165) is 6.54 Å². The number of nitrogens with zero attached hydrogens (tertiary/aromatic N) is 2. The molecule has 3 heteroatoms. The van der Waals surface area contributed by atoms with Crippen molar-refractivity contribution < 1.29 is 0 Å². The van der Waals surface area contributed by atoms with E-state index in [1.807, 2.05) is 6.07 Å². The monoisotopic (exact) mass is 252 g/mol. The van der Waals surface area contributed by atoms with E-state index in [0.29, 0.717) is 17.1 Å². The fourth-order valence-electron chi connectivity index (χ4n) is 2.68. The molecule has 1 aromatic rings. The summed E-state index contributed by atoms with van der Waals surface area (Å²) in [5, 5.41) is 0.674. The third kappa shape index (κ3) is 3.20. The van der Waals surface area contributed by atoms with Crippen LogP contribution in [0.1, 0.15) is 44.7 Å². The quantitative estimate of drug-likeness (QED) is 0.758. The number of rotatable bonds is 3. The Morgan fingerprint density at radius 2 is 2.29 bits per heavy atom. The van der Waals surface area contributed by atoms with Gasteiger partial charge in [-0.2, -0.15) is 0 Å². The molecule has 1 aromatic heterocycles. The van der Waals surface area contributed by atoms with E-state index in [1.54, 1.807) is 6.20 Å². The fourth-order valence-corrected chi connectivity index (χ4v) is 2.92. The van der Waals surface area contributed by atoms with Crippen molar-refractivity contribution in [1.29, 1.82) is 0 Å². The lowest BCUT2D eigenvalue weighted by molar-refractivity contribution is 0.132. The molecule has 0 aromatic carbocycles. The average molecular weight is 253 g/mol. The summed E-state index contributed by atoms with van der Waals surface area (Å²) in [5.74, 6) is 0.700. The molecule has 2 heterocycles. The zero-order chi connectivity index (χ0) is 12.3. The lowest BCUT2D eigenvalue weighted by Gasteiger charge is -2.37. The Balaban J connectivity index is 2.19. The largest absolute Gasteiger partial charge is 0.296 e. The zero-order valence-electron chi connectivity index (χ0n) is 10.7. The van der Waals surface area contributed by atoms with Crippen LogP contribution in [0.25, 0.3) is 0 Å². The van der Waals surface area contributed by atoms with E-state index in [-0.39, 0.29) is 0 Å². The van der Waals surface area contributed by atoms with Gasteiger partial charge >= 0.3 is 0 Å². The smallest absolute Gasteiger partial charge is 0.133 e. The molecule has 0 N–H and O–H groups in total. The van der Waals surface area contributed by atoms with Gasteiger partial charge in [0.2, 0.25) is 0 Å². The second-order valence-corrected chi connectivity index (χ2v) is 5.64. The molecular formula is C14H21ClN2. The molecule has 1 atom stereocenters. The zero-order valence-corrected chi connectivity index (χ0v) is 11.5. The van der Waals surface area contributed by atoms with Crippen LogP contribution in [0.3, 0.4) is 0 Å². The van der Waals surface area contributed by atoms with Crippen molar-refractivity contribution in [2.75, 3.05) is 13.1 Å². The van der Waals surface area contributed by atoms with Crippen molar-refractivity contribution >= 4 is 11.6 Å². The Labute approximate surface area is 109 Å². The maximum Gasteiger partial charge on any atom is 0.133 e. The van der Waals surface area contributed by atoms with Crippen LogP contribution < -0.4 is 0 Å². The van der Waals surface area contributed by atoms with Crippen molar-refractivity contribution in [3.8, 4) is 0 Å². The number of halogens is 1. The minimum absolute atomic E-state index is 0.465. The first-order chi connectivity index (χ1) is 8.18. The Morgan fingerprint density at radius 1 is 1.47 bits per heavy atom. The van der Waals surface area contributed by atoms with Gasteiger partial charge in [-0.05, 0) is 31.4 Å². The number of aromatic nitrogens is 1. The molecule has 1 aliphatic heterocycles. The van der Waals surface area contributed by atoms with Crippen LogP contribution in [0.5, 0.6) is 0 Å². The molecule has 0 saturated carbocycles. The van der Waals surface area contributed by atoms with Crippen molar-refractivity contribution in [2.45, 2.75) is 39.2 Å². The highest BCUT2D eigenvalue weighted by Crippen LogP contribution is 2.34. The fraction of sp³-hybridized carbons (Fsp3) is 0.643. The number of pyridine rings is 1. The van der Waals surface area contributed by atoms with Gasteiger partial charge in [0, 0.05) is 24.3 Å². The van der Waals surface area contributed by atoms with Gasteiger partial charge in [0.25, 0.3) is 0 Å². The summed E-state index contributed by atoms with van der Waals surface area (Å²) >= 11 is 6.22. The van der Waals surface area contributed by atoms with Crippen molar-refractivity contribution in [3.63, 3.8) is 0 Å². The highest BCUT2D eigenvalue weighted by atomic mass is 35.5. The van der Waals surface area contributed by atoms with E-state index in [2.05, 4.69) is 29.8 Å². The predicted molar refractivity (Wildman–Crippen MR) is 72.3 cm³/mol. The molecule has 17 heavy (non-hydrogen) atoms. The molecule has 0 bridgehead atoms. The van der Waals surface area contributed by atoms with Crippen molar-refractivity contribution in [3.05, 3.63) is 29.0 Å². The SMILES string of the molecule is CC(C)CN1CCCC[C@H]1c1cccnc1Cl. The molecule has 0 amide bonds. The minimum Gasteiger partial charge on any atom is -0.296 e. The van der Waals surface area contributed by atoms with Gasteiger partial charge in [0.15, 0.2) is 0 Å². The predicted octanol–water partition coefficient (Wildman–Crippen LogP) is 3.92. The second-order valence-electron chi connectivity index (χ2n) is 5.28. The Kier molecular flexibility index (Phi) is 4.41. The highest BCUT2D eigenvalue weighted by Gasteiger charge is 2.26. The van der Waals surface area contributed by atoms with Crippen LogP contribution in [-0.4, -0.2) is 23.0 Å². The molecule has 2 nitrogen and oxygen atoms in total. The summed E-state index contributed by atoms with van der Waals surface area (Å²) < 4.78 is 0. The topological polar surface area (TPSA) is 16.1 Å². The Bertz CT molecular complexity index is 365.